The standard InChI is InChI=1S/C21H25N9O6/c1-29-10-22-18(28-29)12-5-4-6-13(17(12)36-3)23-14-9-15(24-20(32)30(2)11-7-8-11)26-27-16(14)19(31)25-21(33,34)35/h4-6,9-11,33-35H,7-8H2,1-3H3,(H,25,31)(H2,23,24,26,32). The molecule has 1 aliphatic carbocycles. The first-order chi connectivity index (χ1) is 17.1. The molecule has 2 aromatic heterocycles. The Labute approximate surface area is 204 Å². The minimum atomic E-state index is -3.49. The smallest absolute Gasteiger partial charge is 0.369 e. The molecule has 4 rings (SSSR count). The summed E-state index contributed by atoms with van der Waals surface area (Å²) in [6, 6.07) is 6.18. The zero-order chi connectivity index (χ0) is 26.0. The Morgan fingerprint density at radius 1 is 1.19 bits per heavy atom. The van der Waals surface area contributed by atoms with Gasteiger partial charge in [0, 0.05) is 26.2 Å². The van der Waals surface area contributed by atoms with E-state index in [1.807, 2.05) is 0 Å². The van der Waals surface area contributed by atoms with Gasteiger partial charge in [0.2, 0.25) is 0 Å². The lowest BCUT2D eigenvalue weighted by Crippen LogP contribution is -2.48. The van der Waals surface area contributed by atoms with Crippen molar-refractivity contribution >= 4 is 29.1 Å². The van der Waals surface area contributed by atoms with Gasteiger partial charge in [-0.1, -0.05) is 6.07 Å². The second-order valence-corrected chi connectivity index (χ2v) is 8.11. The Balaban J connectivity index is 1.70. The fourth-order valence-corrected chi connectivity index (χ4v) is 3.39. The predicted molar refractivity (Wildman–Crippen MR) is 125 cm³/mol. The zero-order valence-electron chi connectivity index (χ0n) is 19.6. The molecular weight excluding hydrogens is 474 g/mol. The monoisotopic (exact) mass is 499 g/mol. The molecule has 3 aromatic rings. The van der Waals surface area contributed by atoms with Crippen LogP contribution in [0.15, 0.2) is 30.6 Å². The number of carbonyl (C=O) groups is 2. The molecule has 0 radical (unpaired) electrons. The van der Waals surface area contributed by atoms with Gasteiger partial charge in [0.25, 0.3) is 5.91 Å². The fraction of sp³-hybridized carbons (Fsp3) is 0.333. The van der Waals surface area contributed by atoms with Gasteiger partial charge in [-0.05, 0) is 25.0 Å². The van der Waals surface area contributed by atoms with Crippen LogP contribution in [0.1, 0.15) is 23.3 Å². The number of carbonyl (C=O) groups excluding carboxylic acids is 2. The van der Waals surface area contributed by atoms with Gasteiger partial charge in [-0.3, -0.25) is 20.1 Å². The average molecular weight is 499 g/mol. The van der Waals surface area contributed by atoms with Crippen molar-refractivity contribution in [3.8, 4) is 17.1 Å². The van der Waals surface area contributed by atoms with E-state index in [9.17, 15) is 24.9 Å². The predicted octanol–water partition coefficient (Wildman–Crippen LogP) is -0.0316. The molecule has 0 aliphatic heterocycles. The lowest BCUT2D eigenvalue weighted by molar-refractivity contribution is -0.323. The lowest BCUT2D eigenvalue weighted by Gasteiger charge is -2.19. The third-order valence-electron chi connectivity index (χ3n) is 5.27. The number of nitrogens with one attached hydrogen (secondary N) is 3. The minimum absolute atomic E-state index is 0.0144. The van der Waals surface area contributed by atoms with Crippen LogP contribution in [0.5, 0.6) is 5.75 Å². The molecule has 0 spiro atoms. The first kappa shape index (κ1) is 24.8. The topological polar surface area (TPSA) is 200 Å². The van der Waals surface area contributed by atoms with Crippen LogP contribution in [0.25, 0.3) is 11.4 Å². The van der Waals surface area contributed by atoms with Crippen molar-refractivity contribution in [2.45, 2.75) is 25.0 Å². The quantitative estimate of drug-likeness (QED) is 0.227. The maximum Gasteiger partial charge on any atom is 0.369 e. The van der Waals surface area contributed by atoms with E-state index in [0.717, 1.165) is 12.8 Å². The SMILES string of the molecule is COc1c(Nc2cc(NC(=O)N(C)C3CC3)nnc2C(=O)NC(O)(O)O)cccc1-c1ncn(C)n1. The van der Waals surface area contributed by atoms with Crippen molar-refractivity contribution in [2.75, 3.05) is 24.8 Å². The van der Waals surface area contributed by atoms with Crippen LogP contribution in [-0.4, -0.2) is 83.4 Å². The summed E-state index contributed by atoms with van der Waals surface area (Å²) in [6.45, 7) is 0. The van der Waals surface area contributed by atoms with E-state index < -0.39 is 23.7 Å². The molecule has 190 valence electrons. The molecule has 3 amide bonds. The molecule has 1 aromatic carbocycles. The van der Waals surface area contributed by atoms with Gasteiger partial charge in [0.1, 0.15) is 6.33 Å². The number of aryl methyl sites for hydroxylation is 1. The summed E-state index contributed by atoms with van der Waals surface area (Å²) >= 11 is 0. The number of ether oxygens (including phenoxy) is 1. The third-order valence-corrected chi connectivity index (χ3v) is 5.27. The van der Waals surface area contributed by atoms with Gasteiger partial charge in [0.05, 0.1) is 24.0 Å². The molecular formula is C21H25N9O6. The molecule has 15 nitrogen and oxygen atoms in total. The molecule has 0 atom stereocenters. The lowest BCUT2D eigenvalue weighted by atomic mass is 10.1. The highest BCUT2D eigenvalue weighted by Gasteiger charge is 2.30. The number of aliphatic hydroxyl groups is 3. The van der Waals surface area contributed by atoms with Gasteiger partial charge in [-0.15, -0.1) is 10.2 Å². The molecule has 1 fully saturated rings. The van der Waals surface area contributed by atoms with Crippen molar-refractivity contribution in [1.82, 2.24) is 35.2 Å². The number of rotatable bonds is 8. The van der Waals surface area contributed by atoms with Crippen LogP contribution < -0.4 is 20.7 Å². The summed E-state index contributed by atoms with van der Waals surface area (Å²) in [5.41, 5.74) is 0.532. The van der Waals surface area contributed by atoms with Crippen LogP contribution in [0.2, 0.25) is 0 Å². The number of hydrogen-bond acceptors (Lipinski definition) is 11. The number of hydrogen-bond donors (Lipinski definition) is 6. The van der Waals surface area contributed by atoms with Crippen LogP contribution in [0.4, 0.5) is 22.0 Å². The van der Waals surface area contributed by atoms with Crippen molar-refractivity contribution in [3.63, 3.8) is 0 Å². The summed E-state index contributed by atoms with van der Waals surface area (Å²) in [5, 5.41) is 46.6. The minimum Gasteiger partial charge on any atom is -0.494 e. The zero-order valence-corrected chi connectivity index (χ0v) is 19.6. The van der Waals surface area contributed by atoms with Gasteiger partial charge < -0.3 is 30.3 Å². The van der Waals surface area contributed by atoms with Crippen molar-refractivity contribution < 1.29 is 29.6 Å². The highest BCUT2D eigenvalue weighted by molar-refractivity contribution is 5.99. The second kappa shape index (κ2) is 9.73. The Morgan fingerprint density at radius 2 is 1.94 bits per heavy atom. The van der Waals surface area contributed by atoms with E-state index in [0.29, 0.717) is 22.8 Å². The van der Waals surface area contributed by atoms with E-state index in [2.05, 4.69) is 30.9 Å². The second-order valence-electron chi connectivity index (χ2n) is 8.11. The molecule has 15 heteroatoms. The summed E-state index contributed by atoms with van der Waals surface area (Å²) < 4.78 is 7.10. The van der Waals surface area contributed by atoms with E-state index >= 15 is 0 Å². The first-order valence-electron chi connectivity index (χ1n) is 10.8. The molecule has 1 aliphatic rings. The molecule has 6 N–H and O–H groups in total. The Hall–Kier alpha value is -4.34. The van der Waals surface area contributed by atoms with Crippen LogP contribution in [0, 0.1) is 0 Å². The third kappa shape index (κ3) is 5.65. The van der Waals surface area contributed by atoms with E-state index in [-0.39, 0.29) is 17.5 Å². The van der Waals surface area contributed by atoms with Gasteiger partial charge in [-0.25, -0.2) is 9.78 Å². The van der Waals surface area contributed by atoms with Crippen LogP contribution in [0.3, 0.4) is 0 Å². The number of methoxy groups -OCH3 is 1. The van der Waals surface area contributed by atoms with E-state index in [1.165, 1.54) is 24.2 Å². The van der Waals surface area contributed by atoms with Gasteiger partial charge >= 0.3 is 12.1 Å². The number of urea groups is 1. The molecule has 0 unspecified atom stereocenters. The molecule has 0 bridgehead atoms. The number of benzene rings is 1. The summed E-state index contributed by atoms with van der Waals surface area (Å²) in [5.74, 6) is -0.402. The van der Waals surface area contributed by atoms with E-state index in [1.54, 1.807) is 42.5 Å². The number of aromatic nitrogens is 5. The Bertz CT molecular complexity index is 1290. The molecule has 2 heterocycles. The summed E-state index contributed by atoms with van der Waals surface area (Å²) in [6.07, 6.45) is -0.136. The van der Waals surface area contributed by atoms with Gasteiger partial charge in [-0.2, -0.15) is 5.10 Å². The molecule has 1 saturated carbocycles. The van der Waals surface area contributed by atoms with Crippen molar-refractivity contribution in [3.05, 3.63) is 36.3 Å². The number of anilines is 3. The first-order valence-corrected chi connectivity index (χ1v) is 10.8. The maximum absolute atomic E-state index is 12.6. The summed E-state index contributed by atoms with van der Waals surface area (Å²) in [7, 11) is 4.83. The van der Waals surface area contributed by atoms with E-state index in [4.69, 9.17) is 4.74 Å². The fourth-order valence-electron chi connectivity index (χ4n) is 3.39. The highest BCUT2D eigenvalue weighted by Crippen LogP contribution is 2.37. The maximum atomic E-state index is 12.6. The summed E-state index contributed by atoms with van der Waals surface area (Å²) in [4.78, 5) is 30.8. The van der Waals surface area contributed by atoms with Crippen molar-refractivity contribution in [1.29, 1.82) is 0 Å². The normalized spacial score (nSPS) is 13.2. The number of para-hydroxylation sites is 1. The van der Waals surface area contributed by atoms with Crippen molar-refractivity contribution in [2.24, 2.45) is 7.05 Å². The highest BCUT2D eigenvalue weighted by atomic mass is 16.7. The van der Waals surface area contributed by atoms with Gasteiger partial charge in [0.15, 0.2) is 23.1 Å². The van der Waals surface area contributed by atoms with Crippen LogP contribution in [-0.2, 0) is 7.05 Å². The largest absolute Gasteiger partial charge is 0.494 e. The van der Waals surface area contributed by atoms with Crippen LogP contribution >= 0.6 is 0 Å². The molecule has 0 saturated heterocycles. The Morgan fingerprint density at radius 3 is 2.56 bits per heavy atom. The number of amides is 3. The number of nitrogens with zero attached hydrogens (tertiary/aromatic N) is 6. The molecule has 36 heavy (non-hydrogen) atoms. The Kier molecular flexibility index (Phi) is 6.69. The average Bonchev–Trinajstić information content (AvgIpc) is 3.57.